The first-order chi connectivity index (χ1) is 16.2. The van der Waals surface area contributed by atoms with E-state index in [1.54, 1.807) is 27.6 Å². The van der Waals surface area contributed by atoms with Gasteiger partial charge in [-0.05, 0) is 19.3 Å². The molecule has 0 aromatic carbocycles. The Hall–Kier alpha value is -1.88. The first-order valence-electron chi connectivity index (χ1n) is 12.1. The number of carbonyl (C=O) groups excluding carboxylic acids is 2. The molecule has 5 rings (SSSR count). The summed E-state index contributed by atoms with van der Waals surface area (Å²) in [7, 11) is 0. The van der Waals surface area contributed by atoms with E-state index in [0.717, 1.165) is 65.2 Å². The van der Waals surface area contributed by atoms with E-state index in [0.29, 0.717) is 19.8 Å². The summed E-state index contributed by atoms with van der Waals surface area (Å²) in [6, 6.07) is -0.551. The van der Waals surface area contributed by atoms with Gasteiger partial charge < -0.3 is 15.4 Å². The van der Waals surface area contributed by atoms with Gasteiger partial charge in [-0.2, -0.15) is 0 Å². The molecule has 2 fully saturated rings. The molecule has 3 aliphatic rings. The maximum atomic E-state index is 13.3. The molecule has 0 spiro atoms. The minimum Gasteiger partial charge on any atom is -0.379 e. The molecule has 2 saturated heterocycles. The third-order valence-corrected chi connectivity index (χ3v) is 9.56. The van der Waals surface area contributed by atoms with Crippen LogP contribution in [0.5, 0.6) is 0 Å². The Morgan fingerprint density at radius 1 is 1.12 bits per heavy atom. The highest BCUT2D eigenvalue weighted by Gasteiger charge is 2.41. The molecule has 2 aliphatic heterocycles. The van der Waals surface area contributed by atoms with Crippen molar-refractivity contribution in [2.24, 2.45) is 11.7 Å². The Bertz CT molecular complexity index is 1080. The highest BCUT2D eigenvalue weighted by atomic mass is 32.1. The van der Waals surface area contributed by atoms with Crippen LogP contribution in [0.25, 0.3) is 10.6 Å². The van der Waals surface area contributed by atoms with E-state index in [-0.39, 0.29) is 23.7 Å². The summed E-state index contributed by atoms with van der Waals surface area (Å²) >= 11 is 3.37. The van der Waals surface area contributed by atoms with Crippen molar-refractivity contribution >= 4 is 34.5 Å². The fourth-order valence-corrected chi connectivity index (χ4v) is 7.45. The molecule has 0 saturated carbocycles. The van der Waals surface area contributed by atoms with Gasteiger partial charge in [-0.15, -0.1) is 22.7 Å². The molecule has 8 nitrogen and oxygen atoms in total. The van der Waals surface area contributed by atoms with Crippen LogP contribution in [0.3, 0.4) is 0 Å². The zero-order valence-corrected chi connectivity index (χ0v) is 21.8. The smallest absolute Gasteiger partial charge is 0.240 e. The number of carbonyl (C=O) groups is 2. The zero-order chi connectivity index (χ0) is 24.0. The van der Waals surface area contributed by atoms with Crippen molar-refractivity contribution < 1.29 is 14.3 Å². The second-order valence-electron chi connectivity index (χ2n) is 10.5. The van der Waals surface area contributed by atoms with Gasteiger partial charge in [0.2, 0.25) is 11.8 Å². The van der Waals surface area contributed by atoms with E-state index >= 15 is 0 Å². The Balaban J connectivity index is 1.30. The van der Waals surface area contributed by atoms with Gasteiger partial charge in [0.25, 0.3) is 0 Å². The number of fused-ring (bicyclic) bond motifs is 3. The van der Waals surface area contributed by atoms with Crippen molar-refractivity contribution in [3.8, 4) is 10.6 Å². The van der Waals surface area contributed by atoms with E-state index < -0.39 is 11.9 Å². The Morgan fingerprint density at radius 2 is 1.88 bits per heavy atom. The minimum absolute atomic E-state index is 0.0168. The number of thiazole rings is 2. The second-order valence-corrected chi connectivity index (χ2v) is 12.7. The third kappa shape index (κ3) is 4.65. The predicted molar refractivity (Wildman–Crippen MR) is 133 cm³/mol. The molecule has 10 heteroatoms. The lowest BCUT2D eigenvalue weighted by atomic mass is 9.98. The van der Waals surface area contributed by atoms with Gasteiger partial charge in [-0.25, -0.2) is 9.97 Å². The molecule has 0 radical (unpaired) electrons. The molecule has 2 amide bonds. The molecule has 0 bridgehead atoms. The van der Waals surface area contributed by atoms with Gasteiger partial charge >= 0.3 is 0 Å². The lowest BCUT2D eigenvalue weighted by molar-refractivity contribution is -0.137. The van der Waals surface area contributed by atoms with Crippen molar-refractivity contribution in [1.29, 1.82) is 0 Å². The molecule has 0 unspecified atom stereocenters. The third-order valence-electron chi connectivity index (χ3n) is 6.92. The number of ether oxygens (including phenoxy) is 1. The summed E-state index contributed by atoms with van der Waals surface area (Å²) in [5.41, 5.74) is 7.90. The zero-order valence-electron chi connectivity index (χ0n) is 20.1. The van der Waals surface area contributed by atoms with Gasteiger partial charge in [-0.1, -0.05) is 20.8 Å². The van der Waals surface area contributed by atoms with Crippen LogP contribution in [-0.4, -0.2) is 77.0 Å². The summed E-state index contributed by atoms with van der Waals surface area (Å²) in [6.07, 6.45) is 2.83. The summed E-state index contributed by atoms with van der Waals surface area (Å²) in [5.74, 6) is -0.407. The van der Waals surface area contributed by atoms with E-state index in [1.165, 1.54) is 4.88 Å². The van der Waals surface area contributed by atoms with E-state index in [2.05, 4.69) is 25.7 Å². The number of morpholine rings is 1. The molecule has 34 heavy (non-hydrogen) atoms. The Labute approximate surface area is 208 Å². The molecule has 4 heterocycles. The minimum atomic E-state index is -0.551. The standard InChI is InChI=1S/C24H33N5O3S2/c1-24(2,3)23-27-19-16(33-23)5-4-15-21(19)34-17(26-15)12-18(30)29-7-6-14(20(29)22(25)31)13-28-8-10-32-11-9-28/h14,20H,4-13H2,1-3H3,(H2,25,31)/t14-,20-/m0/s1. The molecule has 2 aromatic rings. The fourth-order valence-electron chi connectivity index (χ4n) is 5.14. The van der Waals surface area contributed by atoms with Gasteiger partial charge in [-0.3, -0.25) is 14.5 Å². The quantitative estimate of drug-likeness (QED) is 0.672. The molecule has 1 aliphatic carbocycles. The van der Waals surface area contributed by atoms with Crippen LogP contribution in [0.1, 0.15) is 47.8 Å². The van der Waals surface area contributed by atoms with Crippen LogP contribution in [0.4, 0.5) is 0 Å². The lowest BCUT2D eigenvalue weighted by Gasteiger charge is -2.32. The molecule has 2 aromatic heterocycles. The number of likely N-dealkylation sites (tertiary alicyclic amines) is 1. The summed E-state index contributed by atoms with van der Waals surface area (Å²) < 4.78 is 5.43. The van der Waals surface area contributed by atoms with Crippen molar-refractivity contribution in [2.75, 3.05) is 39.4 Å². The Morgan fingerprint density at radius 3 is 2.59 bits per heavy atom. The van der Waals surface area contributed by atoms with Crippen LogP contribution in [0.2, 0.25) is 0 Å². The maximum Gasteiger partial charge on any atom is 0.240 e. The largest absolute Gasteiger partial charge is 0.379 e. The summed E-state index contributed by atoms with van der Waals surface area (Å²) in [5, 5.41) is 1.94. The lowest BCUT2D eigenvalue weighted by Crippen LogP contribution is -2.50. The summed E-state index contributed by atoms with van der Waals surface area (Å²) in [6.45, 7) is 11.0. The van der Waals surface area contributed by atoms with Gasteiger partial charge in [0.15, 0.2) is 0 Å². The topological polar surface area (TPSA) is 102 Å². The second kappa shape index (κ2) is 9.29. The van der Waals surface area contributed by atoms with Crippen molar-refractivity contribution in [3.05, 3.63) is 20.6 Å². The number of hydrogen-bond donors (Lipinski definition) is 1. The number of aryl methyl sites for hydroxylation is 2. The molecule has 2 atom stereocenters. The number of nitrogens with zero attached hydrogens (tertiary/aromatic N) is 4. The van der Waals surface area contributed by atoms with E-state index in [1.807, 2.05) is 0 Å². The molecular formula is C24H33N5O3S2. The van der Waals surface area contributed by atoms with Crippen LogP contribution in [-0.2, 0) is 39.0 Å². The molecular weight excluding hydrogens is 470 g/mol. The Kier molecular flexibility index (Phi) is 6.52. The molecule has 2 N–H and O–H groups in total. The number of primary amides is 1. The fraction of sp³-hybridized carbons (Fsp3) is 0.667. The van der Waals surface area contributed by atoms with Crippen LogP contribution in [0.15, 0.2) is 0 Å². The predicted octanol–water partition coefficient (Wildman–Crippen LogP) is 2.24. The SMILES string of the molecule is CC(C)(C)c1nc2c(s1)CCc1nc(CC(=O)N3CC[C@@H](CN4CCOCC4)[C@H]3C(N)=O)sc1-2. The van der Waals surface area contributed by atoms with Crippen molar-refractivity contribution in [3.63, 3.8) is 0 Å². The molecule has 184 valence electrons. The summed E-state index contributed by atoms with van der Waals surface area (Å²) in [4.78, 5) is 41.9. The van der Waals surface area contributed by atoms with Gasteiger partial charge in [0.05, 0.1) is 40.9 Å². The maximum absolute atomic E-state index is 13.3. The highest BCUT2D eigenvalue weighted by molar-refractivity contribution is 7.16. The number of rotatable bonds is 5. The first-order valence-corrected chi connectivity index (χ1v) is 13.7. The average Bonchev–Trinajstić information content (AvgIpc) is 3.49. The number of hydrogen-bond acceptors (Lipinski definition) is 8. The number of aromatic nitrogens is 2. The van der Waals surface area contributed by atoms with E-state index in [9.17, 15) is 9.59 Å². The van der Waals surface area contributed by atoms with Crippen LogP contribution in [0, 0.1) is 5.92 Å². The first kappa shape index (κ1) is 23.8. The van der Waals surface area contributed by atoms with E-state index in [4.69, 9.17) is 20.4 Å². The number of nitrogens with two attached hydrogens (primary N) is 1. The highest BCUT2D eigenvalue weighted by Crippen LogP contribution is 2.42. The normalized spacial score (nSPS) is 23.1. The van der Waals surface area contributed by atoms with Crippen molar-refractivity contribution in [2.45, 2.75) is 57.9 Å². The van der Waals surface area contributed by atoms with Crippen LogP contribution < -0.4 is 5.73 Å². The van der Waals surface area contributed by atoms with Gasteiger partial charge in [0.1, 0.15) is 11.0 Å². The van der Waals surface area contributed by atoms with Crippen molar-refractivity contribution in [1.82, 2.24) is 19.8 Å². The monoisotopic (exact) mass is 503 g/mol. The van der Waals surface area contributed by atoms with Gasteiger partial charge in [0, 0.05) is 42.4 Å². The average molecular weight is 504 g/mol. The van der Waals surface area contributed by atoms with Crippen LogP contribution >= 0.6 is 22.7 Å². The number of amides is 2.